The minimum Gasteiger partial charge on any atom is -0.387 e. The van der Waals surface area contributed by atoms with Crippen LogP contribution >= 0.6 is 0 Å². The molecule has 4 rings (SSSR count). The standard InChI is InChI=1S/C25H26N2O2/c28-24(20-10-2-1-3-11-20)17-26-25(29)22-14-6-4-12-21(22)18-27-16-8-13-19-9-5-7-15-23(19)27/h1-7,9-12,14-15,24,28H,8,13,16-18H2,(H,26,29). The highest BCUT2D eigenvalue weighted by Crippen LogP contribution is 2.28. The molecule has 4 nitrogen and oxygen atoms in total. The Morgan fingerprint density at radius 2 is 1.69 bits per heavy atom. The lowest BCUT2D eigenvalue weighted by Crippen LogP contribution is -2.32. The van der Waals surface area contributed by atoms with Gasteiger partial charge in [0.05, 0.1) is 6.10 Å². The lowest BCUT2D eigenvalue weighted by Gasteiger charge is -2.31. The molecule has 148 valence electrons. The second kappa shape index (κ2) is 8.93. The van der Waals surface area contributed by atoms with Crippen molar-refractivity contribution in [2.75, 3.05) is 18.0 Å². The molecule has 4 heteroatoms. The zero-order valence-electron chi connectivity index (χ0n) is 16.4. The van der Waals surface area contributed by atoms with Crippen LogP contribution in [0, 0.1) is 0 Å². The van der Waals surface area contributed by atoms with Gasteiger partial charge in [0, 0.05) is 30.9 Å². The molecule has 29 heavy (non-hydrogen) atoms. The van der Waals surface area contributed by atoms with Gasteiger partial charge in [0.25, 0.3) is 5.91 Å². The fourth-order valence-electron chi connectivity index (χ4n) is 3.94. The molecule has 1 aliphatic rings. The lowest BCUT2D eigenvalue weighted by molar-refractivity contribution is 0.0915. The molecular weight excluding hydrogens is 360 g/mol. The Bertz CT molecular complexity index is 971. The van der Waals surface area contributed by atoms with Crippen molar-refractivity contribution in [2.24, 2.45) is 0 Å². The molecule has 1 atom stereocenters. The van der Waals surface area contributed by atoms with E-state index in [9.17, 15) is 9.90 Å². The summed E-state index contributed by atoms with van der Waals surface area (Å²) in [6.07, 6.45) is 1.50. The summed E-state index contributed by atoms with van der Waals surface area (Å²) < 4.78 is 0. The third-order valence-corrected chi connectivity index (χ3v) is 5.47. The third-order valence-electron chi connectivity index (χ3n) is 5.47. The number of rotatable bonds is 6. The number of nitrogens with zero attached hydrogens (tertiary/aromatic N) is 1. The van der Waals surface area contributed by atoms with Gasteiger partial charge < -0.3 is 15.3 Å². The number of benzene rings is 3. The van der Waals surface area contributed by atoms with Crippen molar-refractivity contribution in [2.45, 2.75) is 25.5 Å². The van der Waals surface area contributed by atoms with Crippen molar-refractivity contribution in [3.05, 3.63) is 101 Å². The Morgan fingerprint density at radius 3 is 2.55 bits per heavy atom. The number of carbonyl (C=O) groups is 1. The number of nitrogens with one attached hydrogen (secondary N) is 1. The molecule has 0 saturated heterocycles. The van der Waals surface area contributed by atoms with Crippen LogP contribution in [0.2, 0.25) is 0 Å². The highest BCUT2D eigenvalue weighted by Gasteiger charge is 2.19. The van der Waals surface area contributed by atoms with E-state index in [-0.39, 0.29) is 12.5 Å². The maximum Gasteiger partial charge on any atom is 0.251 e. The van der Waals surface area contributed by atoms with Crippen LogP contribution in [0.15, 0.2) is 78.9 Å². The monoisotopic (exact) mass is 386 g/mol. The van der Waals surface area contributed by atoms with E-state index in [1.807, 2.05) is 54.6 Å². The van der Waals surface area contributed by atoms with Gasteiger partial charge in [0.15, 0.2) is 0 Å². The number of hydrogen-bond donors (Lipinski definition) is 2. The zero-order chi connectivity index (χ0) is 20.1. The molecule has 0 aliphatic carbocycles. The van der Waals surface area contributed by atoms with Crippen LogP contribution in [0.25, 0.3) is 0 Å². The van der Waals surface area contributed by atoms with Gasteiger partial charge in [-0.05, 0) is 41.7 Å². The minimum atomic E-state index is -0.721. The summed E-state index contributed by atoms with van der Waals surface area (Å²) in [5.74, 6) is -0.152. The summed E-state index contributed by atoms with van der Waals surface area (Å²) in [5, 5.41) is 13.2. The van der Waals surface area contributed by atoms with E-state index in [0.717, 1.165) is 30.5 Å². The Hall–Kier alpha value is -3.11. The molecule has 0 spiro atoms. The Labute approximate surface area is 171 Å². The Kier molecular flexibility index (Phi) is 5.92. The maximum absolute atomic E-state index is 12.8. The van der Waals surface area contributed by atoms with Crippen LogP contribution in [0.5, 0.6) is 0 Å². The number of para-hydroxylation sites is 1. The second-order valence-corrected chi connectivity index (χ2v) is 7.45. The quantitative estimate of drug-likeness (QED) is 0.671. The van der Waals surface area contributed by atoms with Crippen molar-refractivity contribution in [3.63, 3.8) is 0 Å². The van der Waals surface area contributed by atoms with E-state index in [1.165, 1.54) is 11.3 Å². The molecule has 1 heterocycles. The number of anilines is 1. The third kappa shape index (κ3) is 4.49. The van der Waals surface area contributed by atoms with Crippen molar-refractivity contribution >= 4 is 11.6 Å². The first-order valence-electron chi connectivity index (χ1n) is 10.1. The molecular formula is C25H26N2O2. The van der Waals surface area contributed by atoms with Gasteiger partial charge in [0.2, 0.25) is 0 Å². The van der Waals surface area contributed by atoms with Crippen LogP contribution in [-0.2, 0) is 13.0 Å². The van der Waals surface area contributed by atoms with E-state index < -0.39 is 6.10 Å². The molecule has 0 aromatic heterocycles. The maximum atomic E-state index is 12.8. The first-order chi connectivity index (χ1) is 14.2. The van der Waals surface area contributed by atoms with Gasteiger partial charge >= 0.3 is 0 Å². The number of amides is 1. The lowest BCUT2D eigenvalue weighted by atomic mass is 9.99. The second-order valence-electron chi connectivity index (χ2n) is 7.45. The van der Waals surface area contributed by atoms with Crippen LogP contribution in [-0.4, -0.2) is 24.1 Å². The normalized spacial score (nSPS) is 14.2. The first-order valence-corrected chi connectivity index (χ1v) is 10.1. The van der Waals surface area contributed by atoms with E-state index in [0.29, 0.717) is 12.1 Å². The molecule has 0 saturated carbocycles. The SMILES string of the molecule is O=C(NCC(O)c1ccccc1)c1ccccc1CN1CCCc2ccccc21. The molecule has 0 radical (unpaired) electrons. The van der Waals surface area contributed by atoms with Crippen LogP contribution < -0.4 is 10.2 Å². The van der Waals surface area contributed by atoms with E-state index in [2.05, 4.69) is 34.5 Å². The number of aliphatic hydroxyl groups excluding tert-OH is 1. The predicted molar refractivity (Wildman–Crippen MR) is 116 cm³/mol. The average Bonchev–Trinajstić information content (AvgIpc) is 2.78. The van der Waals surface area contributed by atoms with E-state index in [4.69, 9.17) is 0 Å². The van der Waals surface area contributed by atoms with E-state index >= 15 is 0 Å². The summed E-state index contributed by atoms with van der Waals surface area (Å²) in [7, 11) is 0. The molecule has 3 aromatic carbocycles. The highest BCUT2D eigenvalue weighted by atomic mass is 16.3. The predicted octanol–water partition coefficient (Wildman–Crippen LogP) is 4.10. The number of aliphatic hydroxyl groups is 1. The van der Waals surface area contributed by atoms with Gasteiger partial charge in [-0.25, -0.2) is 0 Å². The van der Waals surface area contributed by atoms with E-state index in [1.54, 1.807) is 0 Å². The van der Waals surface area contributed by atoms with Gasteiger partial charge in [-0.1, -0.05) is 66.7 Å². The van der Waals surface area contributed by atoms with Gasteiger partial charge in [-0.15, -0.1) is 0 Å². The molecule has 0 bridgehead atoms. The van der Waals surface area contributed by atoms with Crippen LogP contribution in [0.3, 0.4) is 0 Å². The minimum absolute atomic E-state index is 0.152. The average molecular weight is 386 g/mol. The first kappa shape index (κ1) is 19.2. The highest BCUT2D eigenvalue weighted by molar-refractivity contribution is 5.95. The largest absolute Gasteiger partial charge is 0.387 e. The van der Waals surface area contributed by atoms with Crippen molar-refractivity contribution < 1.29 is 9.90 Å². The summed E-state index contributed by atoms with van der Waals surface area (Å²) >= 11 is 0. The van der Waals surface area contributed by atoms with Crippen LogP contribution in [0.4, 0.5) is 5.69 Å². The summed E-state index contributed by atoms with van der Waals surface area (Å²) in [5.41, 5.74) is 5.08. The molecule has 2 N–H and O–H groups in total. The number of aryl methyl sites for hydroxylation is 1. The van der Waals surface area contributed by atoms with Crippen LogP contribution in [0.1, 0.15) is 39.6 Å². The van der Waals surface area contributed by atoms with Crippen molar-refractivity contribution in [1.82, 2.24) is 5.32 Å². The number of carbonyl (C=O) groups excluding carboxylic acids is 1. The molecule has 1 unspecified atom stereocenters. The molecule has 0 fully saturated rings. The molecule has 1 aliphatic heterocycles. The summed E-state index contributed by atoms with van der Waals surface area (Å²) in [6, 6.07) is 25.6. The topological polar surface area (TPSA) is 52.6 Å². The summed E-state index contributed by atoms with van der Waals surface area (Å²) in [4.78, 5) is 15.2. The Morgan fingerprint density at radius 1 is 0.966 bits per heavy atom. The van der Waals surface area contributed by atoms with Gasteiger partial charge in [-0.2, -0.15) is 0 Å². The fraction of sp³-hybridized carbons (Fsp3) is 0.240. The number of fused-ring (bicyclic) bond motifs is 1. The van der Waals surface area contributed by atoms with Crippen molar-refractivity contribution in [3.8, 4) is 0 Å². The van der Waals surface area contributed by atoms with Gasteiger partial charge in [-0.3, -0.25) is 4.79 Å². The summed E-state index contributed by atoms with van der Waals surface area (Å²) in [6.45, 7) is 1.87. The smallest absolute Gasteiger partial charge is 0.251 e. The molecule has 3 aromatic rings. The van der Waals surface area contributed by atoms with Gasteiger partial charge in [0.1, 0.15) is 0 Å². The zero-order valence-corrected chi connectivity index (χ0v) is 16.4. The van der Waals surface area contributed by atoms with Crippen molar-refractivity contribution in [1.29, 1.82) is 0 Å². The molecule has 1 amide bonds. The number of hydrogen-bond acceptors (Lipinski definition) is 3. The Balaban J connectivity index is 1.47. The fourth-order valence-corrected chi connectivity index (χ4v) is 3.94.